The van der Waals surface area contributed by atoms with Crippen LogP contribution in [0.5, 0.6) is 0 Å². The van der Waals surface area contributed by atoms with Crippen molar-refractivity contribution in [3.05, 3.63) is 36.4 Å². The number of primary sulfonamides is 1. The van der Waals surface area contributed by atoms with Gasteiger partial charge < -0.3 is 5.32 Å². The molecule has 1 aromatic carbocycles. The Morgan fingerprint density at radius 3 is 2.10 bits per heavy atom. The number of imide groups is 1. The molecule has 0 aromatic heterocycles. The number of benzene rings is 1. The average Bonchev–Trinajstić information content (AvgIpc) is 3.33. The molecule has 1 aromatic rings. The highest BCUT2D eigenvalue weighted by Crippen LogP contribution is 2.53. The number of fused-ring (bicyclic) bond motifs is 5. The quantitative estimate of drug-likeness (QED) is 0.521. The van der Waals surface area contributed by atoms with Gasteiger partial charge >= 0.3 is 0 Å². The van der Waals surface area contributed by atoms with Crippen LogP contribution in [0.25, 0.3) is 0 Å². The SMILES string of the molecule is CC(C)C[C@@H](C(=O)Nc1ccc(S(N)(=O)=O)cc1)N1C(=O)[C@@H]2[C@@H](C1=O)[C@H]1C=C[C@H]2C1. The van der Waals surface area contributed by atoms with Gasteiger partial charge in [-0.25, -0.2) is 13.6 Å². The Kier molecular flexibility index (Phi) is 5.06. The largest absolute Gasteiger partial charge is 0.324 e. The number of allylic oxidation sites excluding steroid dienone is 2. The van der Waals surface area contributed by atoms with Crippen LogP contribution in [0, 0.1) is 29.6 Å². The maximum atomic E-state index is 13.1. The van der Waals surface area contributed by atoms with Crippen LogP contribution in [0.2, 0.25) is 0 Å². The fraction of sp³-hybridized carbons (Fsp3) is 0.476. The molecule has 9 heteroatoms. The van der Waals surface area contributed by atoms with Crippen LogP contribution >= 0.6 is 0 Å². The minimum absolute atomic E-state index is 0.0695. The third kappa shape index (κ3) is 3.45. The molecular weight excluding hydrogens is 406 g/mol. The number of rotatable bonds is 6. The third-order valence-corrected chi connectivity index (χ3v) is 7.19. The Bertz CT molecular complexity index is 1000. The molecule has 2 aliphatic carbocycles. The summed E-state index contributed by atoms with van der Waals surface area (Å²) < 4.78 is 22.8. The molecule has 2 bridgehead atoms. The van der Waals surface area contributed by atoms with Crippen LogP contribution < -0.4 is 10.5 Å². The lowest BCUT2D eigenvalue weighted by molar-refractivity contribution is -0.147. The van der Waals surface area contributed by atoms with Gasteiger partial charge in [-0.15, -0.1) is 0 Å². The van der Waals surface area contributed by atoms with Crippen LogP contribution in [0.3, 0.4) is 0 Å². The molecule has 1 saturated heterocycles. The van der Waals surface area contributed by atoms with E-state index in [-0.39, 0.29) is 46.3 Å². The number of likely N-dealkylation sites (tertiary alicyclic amines) is 1. The molecule has 1 heterocycles. The van der Waals surface area contributed by atoms with Crippen molar-refractivity contribution in [2.24, 2.45) is 34.7 Å². The zero-order chi connectivity index (χ0) is 21.8. The van der Waals surface area contributed by atoms with Crippen molar-refractivity contribution in [1.29, 1.82) is 0 Å². The van der Waals surface area contributed by atoms with Crippen molar-refractivity contribution in [1.82, 2.24) is 4.90 Å². The highest BCUT2D eigenvalue weighted by Gasteiger charge is 2.61. The Hall–Kier alpha value is -2.52. The number of sulfonamides is 1. The van der Waals surface area contributed by atoms with Gasteiger partial charge in [-0.2, -0.15) is 0 Å². The van der Waals surface area contributed by atoms with Gasteiger partial charge in [-0.05, 0) is 54.9 Å². The summed E-state index contributed by atoms with van der Waals surface area (Å²) in [7, 11) is -3.84. The molecule has 3 amide bonds. The number of carbonyl (C=O) groups is 3. The van der Waals surface area contributed by atoms with Crippen molar-refractivity contribution in [3.8, 4) is 0 Å². The molecule has 1 aliphatic heterocycles. The maximum Gasteiger partial charge on any atom is 0.247 e. The van der Waals surface area contributed by atoms with Crippen LogP contribution in [-0.2, 0) is 24.4 Å². The molecule has 0 radical (unpaired) electrons. The number of nitrogens with two attached hydrogens (primary N) is 1. The van der Waals surface area contributed by atoms with E-state index in [1.165, 1.54) is 29.2 Å². The number of hydrogen-bond acceptors (Lipinski definition) is 5. The first-order valence-electron chi connectivity index (χ1n) is 10.1. The summed E-state index contributed by atoms with van der Waals surface area (Å²) in [4.78, 5) is 40.5. The summed E-state index contributed by atoms with van der Waals surface area (Å²) >= 11 is 0. The summed E-state index contributed by atoms with van der Waals surface area (Å²) in [6.07, 6.45) is 5.22. The predicted molar refractivity (Wildman–Crippen MR) is 109 cm³/mol. The smallest absolute Gasteiger partial charge is 0.247 e. The zero-order valence-corrected chi connectivity index (χ0v) is 17.6. The molecular formula is C21H25N3O5S. The fourth-order valence-corrected chi connectivity index (χ4v) is 5.48. The molecule has 4 rings (SSSR count). The first-order chi connectivity index (χ1) is 14.1. The summed E-state index contributed by atoms with van der Waals surface area (Å²) in [5.74, 6) is -1.45. The first kappa shape index (κ1) is 20.7. The summed E-state index contributed by atoms with van der Waals surface area (Å²) in [5, 5.41) is 7.81. The van der Waals surface area contributed by atoms with E-state index in [1.54, 1.807) is 0 Å². The molecule has 3 aliphatic rings. The zero-order valence-electron chi connectivity index (χ0n) is 16.8. The second kappa shape index (κ2) is 7.31. The molecule has 30 heavy (non-hydrogen) atoms. The molecule has 160 valence electrons. The van der Waals surface area contributed by atoms with E-state index >= 15 is 0 Å². The van der Waals surface area contributed by atoms with E-state index in [2.05, 4.69) is 5.32 Å². The van der Waals surface area contributed by atoms with Gasteiger partial charge in [0.15, 0.2) is 0 Å². The van der Waals surface area contributed by atoms with Gasteiger partial charge in [0.2, 0.25) is 27.7 Å². The molecule has 1 saturated carbocycles. The van der Waals surface area contributed by atoms with Crippen LogP contribution in [0.4, 0.5) is 5.69 Å². The van der Waals surface area contributed by atoms with E-state index in [4.69, 9.17) is 5.14 Å². The number of amides is 3. The van der Waals surface area contributed by atoms with E-state index in [0.717, 1.165) is 6.42 Å². The minimum Gasteiger partial charge on any atom is -0.324 e. The lowest BCUT2D eigenvalue weighted by Gasteiger charge is -2.28. The molecule has 8 nitrogen and oxygen atoms in total. The summed E-state index contributed by atoms with van der Waals surface area (Å²) in [6.45, 7) is 3.86. The van der Waals surface area contributed by atoms with E-state index in [9.17, 15) is 22.8 Å². The lowest BCUT2D eigenvalue weighted by Crippen LogP contribution is -2.49. The van der Waals surface area contributed by atoms with Crippen molar-refractivity contribution >= 4 is 33.4 Å². The van der Waals surface area contributed by atoms with E-state index < -0.39 is 22.0 Å². The topological polar surface area (TPSA) is 127 Å². The van der Waals surface area contributed by atoms with Gasteiger partial charge in [0, 0.05) is 5.69 Å². The Morgan fingerprint density at radius 2 is 1.63 bits per heavy atom. The predicted octanol–water partition coefficient (Wildman–Crippen LogP) is 1.49. The van der Waals surface area contributed by atoms with Crippen LogP contribution in [-0.4, -0.2) is 37.1 Å². The van der Waals surface area contributed by atoms with Crippen molar-refractivity contribution < 1.29 is 22.8 Å². The van der Waals surface area contributed by atoms with Crippen molar-refractivity contribution in [2.75, 3.05) is 5.32 Å². The van der Waals surface area contributed by atoms with E-state index in [0.29, 0.717) is 12.1 Å². The Labute approximate surface area is 175 Å². The lowest BCUT2D eigenvalue weighted by atomic mass is 9.85. The number of nitrogens with one attached hydrogen (secondary N) is 1. The summed E-state index contributed by atoms with van der Waals surface area (Å²) in [6, 6.07) is 4.53. The van der Waals surface area contributed by atoms with Gasteiger partial charge in [0.1, 0.15) is 6.04 Å². The summed E-state index contributed by atoms with van der Waals surface area (Å²) in [5.41, 5.74) is 0.363. The molecule has 0 spiro atoms. The highest BCUT2D eigenvalue weighted by atomic mass is 32.2. The molecule has 0 unspecified atom stereocenters. The standard InChI is InChI=1S/C21H25N3O5S/c1-11(2)9-16(19(25)23-14-5-7-15(8-6-14)30(22,28)29)24-20(26)17-12-3-4-13(10-12)18(17)21(24)27/h3-8,11-13,16-18H,9-10H2,1-2H3,(H,23,25)(H2,22,28,29)/t12-,13-,16-,17-,18-/m0/s1. The molecule has 5 atom stereocenters. The normalized spacial score (nSPS) is 28.3. The second-order valence-electron chi connectivity index (χ2n) is 8.75. The third-order valence-electron chi connectivity index (χ3n) is 6.26. The molecule has 3 N–H and O–H groups in total. The average molecular weight is 432 g/mol. The Balaban J connectivity index is 1.56. The number of nitrogens with zero attached hydrogens (tertiary/aromatic N) is 1. The van der Waals surface area contributed by atoms with Crippen molar-refractivity contribution in [3.63, 3.8) is 0 Å². The van der Waals surface area contributed by atoms with Gasteiger partial charge in [0.05, 0.1) is 16.7 Å². The monoisotopic (exact) mass is 431 g/mol. The van der Waals surface area contributed by atoms with Gasteiger partial charge in [-0.1, -0.05) is 26.0 Å². The van der Waals surface area contributed by atoms with E-state index in [1.807, 2.05) is 26.0 Å². The second-order valence-corrected chi connectivity index (χ2v) is 10.3. The molecule has 2 fully saturated rings. The first-order valence-corrected chi connectivity index (χ1v) is 11.6. The van der Waals surface area contributed by atoms with Crippen LogP contribution in [0.15, 0.2) is 41.3 Å². The van der Waals surface area contributed by atoms with Crippen molar-refractivity contribution in [2.45, 2.75) is 37.6 Å². The van der Waals surface area contributed by atoms with Gasteiger partial charge in [-0.3, -0.25) is 19.3 Å². The minimum atomic E-state index is -3.84. The maximum absolute atomic E-state index is 13.1. The Morgan fingerprint density at radius 1 is 1.10 bits per heavy atom. The number of hydrogen-bond donors (Lipinski definition) is 2. The number of anilines is 1. The highest BCUT2D eigenvalue weighted by molar-refractivity contribution is 7.89. The fourth-order valence-electron chi connectivity index (χ4n) is 4.96. The van der Waals surface area contributed by atoms with Crippen LogP contribution in [0.1, 0.15) is 26.7 Å². The number of carbonyl (C=O) groups excluding carboxylic acids is 3. The van der Waals surface area contributed by atoms with Gasteiger partial charge in [0.25, 0.3) is 0 Å².